The number of benzene rings is 2. The smallest absolute Gasteiger partial charge is 0.300 e. The minimum absolute atomic E-state index is 0.0525. The summed E-state index contributed by atoms with van der Waals surface area (Å²) in [6.07, 6.45) is 0. The van der Waals surface area contributed by atoms with Crippen molar-refractivity contribution in [3.63, 3.8) is 0 Å². The maximum absolute atomic E-state index is 12.0. The highest BCUT2D eigenvalue weighted by Crippen LogP contribution is 2.28. The molecule has 0 bridgehead atoms. The third kappa shape index (κ3) is 2.86. The van der Waals surface area contributed by atoms with Crippen molar-refractivity contribution in [1.82, 2.24) is 0 Å². The van der Waals surface area contributed by atoms with Crippen molar-refractivity contribution in [3.8, 4) is 5.75 Å². The molecule has 102 valence electrons. The van der Waals surface area contributed by atoms with Crippen molar-refractivity contribution in [3.05, 3.63) is 63.2 Å². The first-order chi connectivity index (χ1) is 9.49. The summed E-state index contributed by atoms with van der Waals surface area (Å²) in [6, 6.07) is 9.86. The van der Waals surface area contributed by atoms with Gasteiger partial charge in [0.1, 0.15) is 16.3 Å². The number of rotatable bonds is 3. The molecule has 0 aliphatic carbocycles. The number of nitrogens with one attached hydrogen (secondary N) is 1. The number of halogens is 1. The van der Waals surface area contributed by atoms with Crippen LogP contribution in [0.15, 0.2) is 42.5 Å². The van der Waals surface area contributed by atoms with E-state index < -0.39 is 16.5 Å². The standard InChI is InChI=1S/C13H9ClN2O4/c14-11-3-1-2-10(12(11)16(19)20)13(18)15-8-4-6-9(17)7-5-8/h1-7,17H,(H,15,18). The van der Waals surface area contributed by atoms with Crippen molar-refractivity contribution < 1.29 is 14.8 Å². The number of aromatic hydroxyl groups is 1. The Kier molecular flexibility index (Phi) is 3.86. The zero-order valence-corrected chi connectivity index (χ0v) is 10.8. The molecule has 0 spiro atoms. The van der Waals surface area contributed by atoms with E-state index >= 15 is 0 Å². The molecule has 20 heavy (non-hydrogen) atoms. The van der Waals surface area contributed by atoms with Gasteiger partial charge in [-0.3, -0.25) is 14.9 Å². The van der Waals surface area contributed by atoms with Gasteiger partial charge in [0, 0.05) is 5.69 Å². The number of nitrogens with zero attached hydrogens (tertiary/aromatic N) is 1. The first-order valence-electron chi connectivity index (χ1n) is 5.52. The number of phenolic OH excluding ortho intramolecular Hbond substituents is 1. The van der Waals surface area contributed by atoms with Crippen LogP contribution in [0.2, 0.25) is 5.02 Å². The summed E-state index contributed by atoms with van der Waals surface area (Å²) < 4.78 is 0. The average Bonchev–Trinajstić information content (AvgIpc) is 2.40. The summed E-state index contributed by atoms with van der Waals surface area (Å²) in [4.78, 5) is 22.3. The van der Waals surface area contributed by atoms with Crippen molar-refractivity contribution in [1.29, 1.82) is 0 Å². The van der Waals surface area contributed by atoms with Crippen LogP contribution in [0, 0.1) is 10.1 Å². The van der Waals surface area contributed by atoms with Gasteiger partial charge < -0.3 is 10.4 Å². The second kappa shape index (κ2) is 5.58. The Morgan fingerprint density at radius 3 is 2.45 bits per heavy atom. The lowest BCUT2D eigenvalue weighted by Gasteiger charge is -2.06. The summed E-state index contributed by atoms with van der Waals surface area (Å²) in [5.74, 6) is -0.596. The maximum Gasteiger partial charge on any atom is 0.300 e. The Hall–Kier alpha value is -2.60. The van der Waals surface area contributed by atoms with Gasteiger partial charge in [0.2, 0.25) is 0 Å². The molecule has 7 heteroatoms. The quantitative estimate of drug-likeness (QED) is 0.516. The van der Waals surface area contributed by atoms with Gasteiger partial charge in [0.15, 0.2) is 0 Å². The summed E-state index contributed by atoms with van der Waals surface area (Å²) in [6.45, 7) is 0. The number of hydrogen-bond acceptors (Lipinski definition) is 4. The molecule has 0 heterocycles. The lowest BCUT2D eigenvalue weighted by molar-refractivity contribution is -0.385. The third-order valence-electron chi connectivity index (χ3n) is 2.54. The van der Waals surface area contributed by atoms with Crippen LogP contribution < -0.4 is 5.32 Å². The monoisotopic (exact) mass is 292 g/mol. The number of nitro groups is 1. The van der Waals surface area contributed by atoms with Crippen LogP contribution >= 0.6 is 11.6 Å². The second-order valence-corrected chi connectivity index (χ2v) is 4.30. The van der Waals surface area contributed by atoms with Gasteiger partial charge in [-0.25, -0.2) is 0 Å². The highest BCUT2D eigenvalue weighted by Gasteiger charge is 2.23. The van der Waals surface area contributed by atoms with Crippen molar-refractivity contribution >= 4 is 28.9 Å². The molecule has 0 aromatic heterocycles. The largest absolute Gasteiger partial charge is 0.508 e. The summed E-state index contributed by atoms with van der Waals surface area (Å²) in [7, 11) is 0. The van der Waals surface area contributed by atoms with Crippen LogP contribution in [0.4, 0.5) is 11.4 Å². The molecular formula is C13H9ClN2O4. The molecule has 0 radical (unpaired) electrons. The predicted molar refractivity (Wildman–Crippen MR) is 74.2 cm³/mol. The Balaban J connectivity index is 2.32. The van der Waals surface area contributed by atoms with E-state index in [0.29, 0.717) is 5.69 Å². The fourth-order valence-electron chi connectivity index (χ4n) is 1.63. The first-order valence-corrected chi connectivity index (χ1v) is 5.90. The molecule has 2 N–H and O–H groups in total. The molecule has 0 unspecified atom stereocenters. The Morgan fingerprint density at radius 2 is 1.85 bits per heavy atom. The fraction of sp³-hybridized carbons (Fsp3) is 0. The van der Waals surface area contributed by atoms with Gasteiger partial charge in [0.25, 0.3) is 5.91 Å². The fourth-order valence-corrected chi connectivity index (χ4v) is 1.87. The Bertz CT molecular complexity index is 671. The minimum Gasteiger partial charge on any atom is -0.508 e. The van der Waals surface area contributed by atoms with Gasteiger partial charge in [-0.15, -0.1) is 0 Å². The van der Waals surface area contributed by atoms with Gasteiger partial charge in [0.05, 0.1) is 4.92 Å². The normalized spacial score (nSPS) is 10.1. The third-order valence-corrected chi connectivity index (χ3v) is 2.84. The number of carbonyl (C=O) groups excluding carboxylic acids is 1. The molecule has 0 saturated heterocycles. The molecule has 0 aliphatic heterocycles. The number of para-hydroxylation sites is 1. The number of hydrogen-bond donors (Lipinski definition) is 2. The number of nitro benzene ring substituents is 1. The van der Waals surface area contributed by atoms with E-state index in [-0.39, 0.29) is 16.3 Å². The number of carbonyl (C=O) groups is 1. The van der Waals surface area contributed by atoms with Gasteiger partial charge in [-0.1, -0.05) is 17.7 Å². The molecule has 1 amide bonds. The summed E-state index contributed by atoms with van der Waals surface area (Å²) >= 11 is 5.74. The molecule has 6 nitrogen and oxygen atoms in total. The minimum atomic E-state index is -0.700. The van der Waals surface area contributed by atoms with E-state index in [1.807, 2.05) is 0 Å². The zero-order valence-electron chi connectivity index (χ0n) is 10.0. The van der Waals surface area contributed by atoms with E-state index in [4.69, 9.17) is 16.7 Å². The van der Waals surface area contributed by atoms with Crippen molar-refractivity contribution in [2.75, 3.05) is 5.32 Å². The van der Waals surface area contributed by atoms with Gasteiger partial charge in [-0.05, 0) is 36.4 Å². The SMILES string of the molecule is O=C(Nc1ccc(O)cc1)c1cccc(Cl)c1[N+](=O)[O-]. The highest BCUT2D eigenvalue weighted by atomic mass is 35.5. The Morgan fingerprint density at radius 1 is 1.20 bits per heavy atom. The van der Waals surface area contributed by atoms with E-state index in [2.05, 4.69) is 5.32 Å². The van der Waals surface area contributed by atoms with Crippen LogP contribution in [-0.4, -0.2) is 15.9 Å². The van der Waals surface area contributed by atoms with E-state index in [0.717, 1.165) is 0 Å². The molecule has 2 rings (SSSR count). The number of phenols is 1. The molecular weight excluding hydrogens is 284 g/mol. The highest BCUT2D eigenvalue weighted by molar-refractivity contribution is 6.33. The van der Waals surface area contributed by atoms with Crippen LogP contribution in [-0.2, 0) is 0 Å². The molecule has 2 aromatic carbocycles. The second-order valence-electron chi connectivity index (χ2n) is 3.89. The van der Waals surface area contributed by atoms with E-state index in [1.54, 1.807) is 0 Å². The van der Waals surface area contributed by atoms with Gasteiger partial charge in [-0.2, -0.15) is 0 Å². The summed E-state index contributed by atoms with van der Waals surface area (Å²) in [5.41, 5.74) is -0.164. The van der Waals surface area contributed by atoms with Crippen molar-refractivity contribution in [2.45, 2.75) is 0 Å². The van der Waals surface area contributed by atoms with Crippen LogP contribution in [0.5, 0.6) is 5.75 Å². The number of anilines is 1. The lowest BCUT2D eigenvalue weighted by Crippen LogP contribution is -2.14. The van der Waals surface area contributed by atoms with E-state index in [9.17, 15) is 14.9 Å². The average molecular weight is 293 g/mol. The maximum atomic E-state index is 12.0. The Labute approximate surface area is 118 Å². The van der Waals surface area contributed by atoms with Crippen molar-refractivity contribution in [2.24, 2.45) is 0 Å². The topological polar surface area (TPSA) is 92.5 Å². The molecule has 0 saturated carbocycles. The first kappa shape index (κ1) is 13.8. The molecule has 0 aliphatic rings. The van der Waals surface area contributed by atoms with E-state index in [1.165, 1.54) is 42.5 Å². The van der Waals surface area contributed by atoms with Crippen LogP contribution in [0.3, 0.4) is 0 Å². The van der Waals surface area contributed by atoms with Crippen LogP contribution in [0.25, 0.3) is 0 Å². The molecule has 0 atom stereocenters. The summed E-state index contributed by atoms with van der Waals surface area (Å²) in [5, 5.41) is 22.5. The predicted octanol–water partition coefficient (Wildman–Crippen LogP) is 3.21. The lowest BCUT2D eigenvalue weighted by atomic mass is 10.1. The molecule has 2 aromatic rings. The van der Waals surface area contributed by atoms with Crippen LogP contribution in [0.1, 0.15) is 10.4 Å². The molecule has 0 fully saturated rings. The van der Waals surface area contributed by atoms with Gasteiger partial charge >= 0.3 is 5.69 Å². The zero-order chi connectivity index (χ0) is 14.7. The number of amides is 1.